The molecule has 0 bridgehead atoms. The van der Waals surface area contributed by atoms with Gasteiger partial charge in [-0.1, -0.05) is 22.0 Å². The molecule has 3 rings (SSSR count). The van der Waals surface area contributed by atoms with Crippen molar-refractivity contribution in [3.8, 4) is 5.75 Å². The number of carbonyl (C=O) groups excluding carboxylic acids is 2. The smallest absolute Gasteiger partial charge is 0.305 e. The van der Waals surface area contributed by atoms with Crippen LogP contribution in [-0.4, -0.2) is 11.8 Å². The first-order valence-corrected chi connectivity index (χ1v) is 8.44. The molecule has 0 radical (unpaired) electrons. The molecule has 0 aliphatic carbocycles. The summed E-state index contributed by atoms with van der Waals surface area (Å²) in [4.78, 5) is 24.0. The highest BCUT2D eigenvalue weighted by Crippen LogP contribution is 2.19. The maximum absolute atomic E-state index is 12.0. The van der Waals surface area contributed by atoms with Crippen molar-refractivity contribution >= 4 is 27.7 Å². The minimum Gasteiger partial charge on any atom is -0.486 e. The highest BCUT2D eigenvalue weighted by molar-refractivity contribution is 9.10. The molecule has 0 atom stereocenters. The minimum absolute atomic E-state index is 0.0575. The van der Waals surface area contributed by atoms with E-state index in [1.54, 1.807) is 13.0 Å². The van der Waals surface area contributed by atoms with Crippen molar-refractivity contribution < 1.29 is 23.2 Å². The molecule has 0 fully saturated rings. The van der Waals surface area contributed by atoms with E-state index >= 15 is 0 Å². The van der Waals surface area contributed by atoms with Crippen LogP contribution in [-0.2, 0) is 6.61 Å². The number of nitrogens with one attached hydrogen (secondary N) is 2. The monoisotopic (exact) mass is 418 g/mol. The van der Waals surface area contributed by atoms with E-state index in [1.165, 1.54) is 18.4 Å². The molecule has 1 aromatic carbocycles. The molecule has 26 heavy (non-hydrogen) atoms. The molecule has 0 saturated heterocycles. The molecule has 134 valence electrons. The van der Waals surface area contributed by atoms with Gasteiger partial charge in [-0.25, -0.2) is 0 Å². The first-order valence-electron chi connectivity index (χ1n) is 7.65. The Morgan fingerprint density at radius 2 is 1.92 bits per heavy atom. The van der Waals surface area contributed by atoms with Gasteiger partial charge in [0.25, 0.3) is 5.91 Å². The number of hydrogen-bond donors (Lipinski definition) is 2. The molecule has 2 heterocycles. The molecule has 2 N–H and O–H groups in total. The van der Waals surface area contributed by atoms with Crippen LogP contribution in [0.3, 0.4) is 0 Å². The predicted molar refractivity (Wildman–Crippen MR) is 95.6 cm³/mol. The lowest BCUT2D eigenvalue weighted by Gasteiger charge is -2.05. The van der Waals surface area contributed by atoms with Gasteiger partial charge in [0.05, 0.1) is 11.8 Å². The molecule has 0 aliphatic heterocycles. The van der Waals surface area contributed by atoms with E-state index in [9.17, 15) is 9.59 Å². The van der Waals surface area contributed by atoms with Gasteiger partial charge in [0.2, 0.25) is 0 Å². The Labute approximate surface area is 157 Å². The first kappa shape index (κ1) is 17.8. The lowest BCUT2D eigenvalue weighted by atomic mass is 10.2. The van der Waals surface area contributed by atoms with Crippen molar-refractivity contribution in [1.29, 1.82) is 0 Å². The summed E-state index contributed by atoms with van der Waals surface area (Å²) in [5, 5.41) is 0. The average molecular weight is 419 g/mol. The van der Waals surface area contributed by atoms with Gasteiger partial charge in [0, 0.05) is 4.47 Å². The quantitative estimate of drug-likeness (QED) is 0.617. The zero-order chi connectivity index (χ0) is 18.5. The Bertz CT molecular complexity index is 931. The Kier molecular flexibility index (Phi) is 5.43. The number of benzene rings is 1. The van der Waals surface area contributed by atoms with Crippen molar-refractivity contribution in [2.24, 2.45) is 0 Å². The number of furan rings is 2. The van der Waals surface area contributed by atoms with Gasteiger partial charge in [-0.2, -0.15) is 0 Å². The van der Waals surface area contributed by atoms with Gasteiger partial charge in [-0.3, -0.25) is 20.4 Å². The Morgan fingerprint density at radius 3 is 2.65 bits per heavy atom. The first-order chi connectivity index (χ1) is 12.5. The zero-order valence-electron chi connectivity index (χ0n) is 13.7. The van der Waals surface area contributed by atoms with Gasteiger partial charge < -0.3 is 13.6 Å². The van der Waals surface area contributed by atoms with E-state index in [0.717, 1.165) is 4.47 Å². The predicted octanol–water partition coefficient (Wildman–Crippen LogP) is 3.60. The molecule has 2 aromatic heterocycles. The van der Waals surface area contributed by atoms with E-state index < -0.39 is 11.8 Å². The Balaban J connectivity index is 1.53. The molecule has 0 unspecified atom stereocenters. The summed E-state index contributed by atoms with van der Waals surface area (Å²) in [6.07, 6.45) is 1.40. The minimum atomic E-state index is -0.576. The second-order valence-electron chi connectivity index (χ2n) is 5.31. The maximum Gasteiger partial charge on any atom is 0.305 e. The molecular weight excluding hydrogens is 404 g/mol. The van der Waals surface area contributed by atoms with Crippen LogP contribution in [0.25, 0.3) is 0 Å². The van der Waals surface area contributed by atoms with Crippen LogP contribution >= 0.6 is 15.9 Å². The SMILES string of the molecule is Cc1occc1C(=O)NNC(=O)c1ccc(COc2cccc(Br)c2)o1. The molecule has 0 saturated carbocycles. The van der Waals surface area contributed by atoms with E-state index in [1.807, 2.05) is 24.3 Å². The van der Waals surface area contributed by atoms with Gasteiger partial charge in [0.15, 0.2) is 5.76 Å². The van der Waals surface area contributed by atoms with E-state index in [0.29, 0.717) is 22.8 Å². The Morgan fingerprint density at radius 1 is 1.12 bits per heavy atom. The summed E-state index contributed by atoms with van der Waals surface area (Å²) >= 11 is 3.36. The molecule has 8 heteroatoms. The number of amides is 2. The Hall–Kier alpha value is -3.00. The van der Waals surface area contributed by atoms with Crippen molar-refractivity contribution in [3.63, 3.8) is 0 Å². The third kappa shape index (κ3) is 4.34. The zero-order valence-corrected chi connectivity index (χ0v) is 15.3. The number of ether oxygens (including phenoxy) is 1. The van der Waals surface area contributed by atoms with Crippen LogP contribution < -0.4 is 15.6 Å². The normalized spacial score (nSPS) is 10.4. The van der Waals surface area contributed by atoms with Crippen LogP contribution in [0.4, 0.5) is 0 Å². The number of halogens is 1. The second kappa shape index (κ2) is 7.92. The van der Waals surface area contributed by atoms with Gasteiger partial charge in [-0.15, -0.1) is 0 Å². The highest BCUT2D eigenvalue weighted by atomic mass is 79.9. The summed E-state index contributed by atoms with van der Waals surface area (Å²) in [6.45, 7) is 1.82. The van der Waals surface area contributed by atoms with E-state index in [-0.39, 0.29) is 12.4 Å². The summed E-state index contributed by atoms with van der Waals surface area (Å²) in [5.74, 6) is 0.614. The van der Waals surface area contributed by atoms with Gasteiger partial charge in [-0.05, 0) is 43.3 Å². The fourth-order valence-corrected chi connectivity index (χ4v) is 2.53. The summed E-state index contributed by atoms with van der Waals surface area (Å²) in [7, 11) is 0. The molecule has 7 nitrogen and oxygen atoms in total. The van der Waals surface area contributed by atoms with Crippen molar-refractivity contribution in [2.45, 2.75) is 13.5 Å². The van der Waals surface area contributed by atoms with Crippen molar-refractivity contribution in [1.82, 2.24) is 10.9 Å². The maximum atomic E-state index is 12.0. The van der Waals surface area contributed by atoms with E-state index in [2.05, 4.69) is 26.8 Å². The highest BCUT2D eigenvalue weighted by Gasteiger charge is 2.15. The number of hydrogen-bond acceptors (Lipinski definition) is 5. The summed E-state index contributed by atoms with van der Waals surface area (Å²) < 4.78 is 17.0. The molecule has 0 spiro atoms. The van der Waals surface area contributed by atoms with Crippen molar-refractivity contribution in [2.75, 3.05) is 0 Å². The molecule has 3 aromatic rings. The second-order valence-corrected chi connectivity index (χ2v) is 6.23. The number of carbonyl (C=O) groups is 2. The molecular formula is C18H15BrN2O5. The fourth-order valence-electron chi connectivity index (χ4n) is 2.15. The summed E-state index contributed by atoms with van der Waals surface area (Å²) in [6, 6.07) is 12.0. The average Bonchev–Trinajstić information content (AvgIpc) is 3.26. The molecule has 2 amide bonds. The van der Waals surface area contributed by atoms with Gasteiger partial charge in [0.1, 0.15) is 23.9 Å². The van der Waals surface area contributed by atoms with Gasteiger partial charge >= 0.3 is 5.91 Å². The van der Waals surface area contributed by atoms with Crippen LogP contribution in [0.15, 0.2) is 62.0 Å². The third-order valence-electron chi connectivity index (χ3n) is 3.46. The standard InChI is InChI=1S/C18H15BrN2O5/c1-11-15(7-8-24-11)17(22)20-21-18(23)16-6-5-14(26-16)10-25-13-4-2-3-12(19)9-13/h2-9H,10H2,1H3,(H,20,22)(H,21,23). The number of aryl methyl sites for hydroxylation is 1. The van der Waals surface area contributed by atoms with Crippen LogP contribution in [0.1, 0.15) is 32.4 Å². The molecule has 0 aliphatic rings. The third-order valence-corrected chi connectivity index (χ3v) is 3.95. The van der Waals surface area contributed by atoms with Crippen LogP contribution in [0, 0.1) is 6.92 Å². The topological polar surface area (TPSA) is 93.7 Å². The fraction of sp³-hybridized carbons (Fsp3) is 0.111. The lowest BCUT2D eigenvalue weighted by molar-refractivity contribution is 0.0827. The lowest BCUT2D eigenvalue weighted by Crippen LogP contribution is -2.41. The van der Waals surface area contributed by atoms with E-state index in [4.69, 9.17) is 13.6 Å². The van der Waals surface area contributed by atoms with Crippen LogP contribution in [0.5, 0.6) is 5.75 Å². The van der Waals surface area contributed by atoms with Crippen molar-refractivity contribution in [3.05, 3.63) is 76.0 Å². The largest absolute Gasteiger partial charge is 0.486 e. The number of hydrazine groups is 1. The number of rotatable bonds is 5. The van der Waals surface area contributed by atoms with Crippen LogP contribution in [0.2, 0.25) is 0 Å². The summed E-state index contributed by atoms with van der Waals surface area (Å²) in [5.41, 5.74) is 4.93.